The lowest BCUT2D eigenvalue weighted by atomic mass is 9.90. The molecular weight excluding hydrogens is 976 g/mol. The lowest BCUT2D eigenvalue weighted by Gasteiger charge is -2.38. The Hall–Kier alpha value is -6.90. The van der Waals surface area contributed by atoms with E-state index in [1.54, 1.807) is 39.9 Å². The van der Waals surface area contributed by atoms with Crippen LogP contribution in [-0.4, -0.2) is 129 Å². The fourth-order valence-corrected chi connectivity index (χ4v) is 10.2. The van der Waals surface area contributed by atoms with E-state index >= 15 is 0 Å². The van der Waals surface area contributed by atoms with E-state index in [1.165, 1.54) is 15.6 Å². The zero-order valence-corrected chi connectivity index (χ0v) is 42.2. The van der Waals surface area contributed by atoms with Gasteiger partial charge in [-0.15, -0.1) is 0 Å². The Balaban J connectivity index is 0.699. The molecule has 7 aromatic rings. The van der Waals surface area contributed by atoms with Crippen LogP contribution in [0.2, 0.25) is 10.0 Å². The minimum atomic E-state index is -1.17. The molecule has 0 radical (unpaired) electrons. The highest BCUT2D eigenvalue weighted by Gasteiger charge is 2.35. The number of benzene rings is 3. The Labute approximate surface area is 430 Å². The molecule has 382 valence electrons. The number of hydrogen-bond donors (Lipinski definition) is 6. The summed E-state index contributed by atoms with van der Waals surface area (Å²) in [5.41, 5.74) is 6.39. The monoisotopic (exact) mass is 1030 g/mol. The third-order valence-electron chi connectivity index (χ3n) is 13.9. The number of aliphatic hydroxyl groups is 2. The summed E-state index contributed by atoms with van der Waals surface area (Å²) in [5.74, 6) is -0.653. The van der Waals surface area contributed by atoms with Gasteiger partial charge in [0.1, 0.15) is 18.7 Å². The van der Waals surface area contributed by atoms with Crippen molar-refractivity contribution in [2.45, 2.75) is 76.7 Å². The number of H-pyrrole nitrogens is 1. The predicted octanol–water partition coefficient (Wildman–Crippen LogP) is 4.29. The van der Waals surface area contributed by atoms with Crippen LogP contribution in [0.3, 0.4) is 0 Å². The van der Waals surface area contributed by atoms with Gasteiger partial charge in [0.2, 0.25) is 23.6 Å². The molecule has 6 heterocycles. The fourth-order valence-electron chi connectivity index (χ4n) is 9.83. The average molecular weight is 1030 g/mol. The second-order valence-corrected chi connectivity index (χ2v) is 19.8. The van der Waals surface area contributed by atoms with E-state index in [1.807, 2.05) is 61.5 Å². The van der Waals surface area contributed by atoms with Crippen molar-refractivity contribution in [1.82, 2.24) is 59.8 Å². The van der Waals surface area contributed by atoms with Gasteiger partial charge in [0.15, 0.2) is 5.52 Å². The summed E-state index contributed by atoms with van der Waals surface area (Å²) in [6.07, 6.45) is 5.31. The largest absolute Gasteiger partial charge is 0.388 e. The number of nitrogens with one attached hydrogen (secondary N) is 4. The number of halogens is 2. The van der Waals surface area contributed by atoms with Gasteiger partial charge in [-0.1, -0.05) is 84.7 Å². The molecular formula is C52H58Cl2N12O7. The number of carbonyl (C=O) groups is 4. The molecule has 21 heteroatoms. The van der Waals surface area contributed by atoms with Crippen LogP contribution in [0.4, 0.5) is 0 Å². The molecule has 19 nitrogen and oxygen atoms in total. The molecule has 0 spiro atoms. The van der Waals surface area contributed by atoms with Crippen molar-refractivity contribution >= 4 is 68.8 Å². The number of piperidine rings is 1. The molecule has 1 fully saturated rings. The van der Waals surface area contributed by atoms with Crippen molar-refractivity contribution in [2.24, 2.45) is 7.05 Å². The second kappa shape index (κ2) is 22.1. The van der Waals surface area contributed by atoms with Gasteiger partial charge in [-0.3, -0.25) is 37.9 Å². The van der Waals surface area contributed by atoms with Crippen molar-refractivity contribution in [2.75, 3.05) is 45.9 Å². The summed E-state index contributed by atoms with van der Waals surface area (Å²) in [7, 11) is 1.76. The van der Waals surface area contributed by atoms with E-state index in [0.717, 1.165) is 33.3 Å². The van der Waals surface area contributed by atoms with Crippen molar-refractivity contribution in [3.05, 3.63) is 122 Å². The van der Waals surface area contributed by atoms with Crippen molar-refractivity contribution in [3.8, 4) is 22.5 Å². The molecule has 1 saturated heterocycles. The number of aromatic nitrogens is 7. The van der Waals surface area contributed by atoms with Crippen LogP contribution in [0.5, 0.6) is 0 Å². The number of fused-ring (bicyclic) bond motifs is 4. The second-order valence-electron chi connectivity index (χ2n) is 19.0. The van der Waals surface area contributed by atoms with Gasteiger partial charge >= 0.3 is 0 Å². The first-order valence-electron chi connectivity index (χ1n) is 24.4. The standard InChI is InChI=1S/C52H58Cl2N12O7/c1-32(34-7-4-3-5-8-34)23-43(70)63-21-15-52(73,16-22-63)30-65-31-58-48-49(51(65)72)61-62(2)50(48)35-11-9-33(10-12-35)25-55-26-41(68)56-17-6-18-57-42(69)28-66-20-14-40(60-66)36-24-38(53)46(54)47-45(36)37-27-64(44(71)29-67)19-13-39(37)59-47/h3-5,7-12,14,20,24,31-32,55,59,67,73H,6,13,15-19,21-23,25-30H2,1-2H3,(H,56,68)(H,57,69)/t32-/m1/s1. The molecule has 9 rings (SSSR count). The van der Waals surface area contributed by atoms with E-state index in [-0.39, 0.29) is 60.3 Å². The highest BCUT2D eigenvalue weighted by Crippen LogP contribution is 2.42. The van der Waals surface area contributed by atoms with Crippen LogP contribution in [-0.2, 0) is 58.8 Å². The number of rotatable bonds is 18. The predicted molar refractivity (Wildman–Crippen MR) is 277 cm³/mol. The highest BCUT2D eigenvalue weighted by molar-refractivity contribution is 6.45. The Bertz CT molecular complexity index is 3230. The summed E-state index contributed by atoms with van der Waals surface area (Å²) < 4.78 is 4.56. The molecule has 2 aliphatic heterocycles. The normalized spacial score (nSPS) is 14.9. The number of aryl methyl sites for hydroxylation is 1. The molecule has 2 aliphatic rings. The van der Waals surface area contributed by atoms with Gasteiger partial charge < -0.3 is 40.9 Å². The van der Waals surface area contributed by atoms with Crippen LogP contribution in [0.1, 0.15) is 60.9 Å². The van der Waals surface area contributed by atoms with Crippen LogP contribution >= 0.6 is 23.2 Å². The number of amides is 4. The van der Waals surface area contributed by atoms with Crippen LogP contribution in [0.15, 0.2) is 84.0 Å². The summed E-state index contributed by atoms with van der Waals surface area (Å²) in [5, 5.41) is 40.5. The number of carbonyl (C=O) groups excluding carboxylic acids is 4. The number of aliphatic hydroxyl groups excluding tert-OH is 1. The quantitative estimate of drug-likeness (QED) is 0.0664. The maximum absolute atomic E-state index is 13.7. The van der Waals surface area contributed by atoms with E-state index < -0.39 is 12.2 Å². The molecule has 4 aromatic heterocycles. The number of aromatic amines is 1. The van der Waals surface area contributed by atoms with E-state index in [9.17, 15) is 34.2 Å². The molecule has 0 bridgehead atoms. The third kappa shape index (κ3) is 11.4. The summed E-state index contributed by atoms with van der Waals surface area (Å²) >= 11 is 13.1. The average Bonchev–Trinajstić information content (AvgIpc) is 4.11. The van der Waals surface area contributed by atoms with Gasteiger partial charge in [-0.2, -0.15) is 10.2 Å². The Kier molecular flexibility index (Phi) is 15.4. The number of likely N-dealkylation sites (tertiary alicyclic amines) is 1. The summed E-state index contributed by atoms with van der Waals surface area (Å²) in [6, 6.07) is 21.2. The molecule has 0 unspecified atom stereocenters. The van der Waals surface area contributed by atoms with Crippen molar-refractivity contribution in [3.63, 3.8) is 0 Å². The zero-order chi connectivity index (χ0) is 51.4. The highest BCUT2D eigenvalue weighted by atomic mass is 35.5. The van der Waals surface area contributed by atoms with Crippen LogP contribution < -0.4 is 21.5 Å². The lowest BCUT2D eigenvalue weighted by molar-refractivity contribution is -0.136. The van der Waals surface area contributed by atoms with Crippen LogP contribution in [0, 0.1) is 0 Å². The minimum Gasteiger partial charge on any atom is -0.388 e. The first-order valence-corrected chi connectivity index (χ1v) is 25.2. The minimum absolute atomic E-state index is 0.0313. The van der Waals surface area contributed by atoms with Gasteiger partial charge in [-0.05, 0) is 48.4 Å². The van der Waals surface area contributed by atoms with E-state index in [4.69, 9.17) is 23.2 Å². The molecule has 4 amide bonds. The third-order valence-corrected chi connectivity index (χ3v) is 14.7. The number of nitrogens with zero attached hydrogens (tertiary/aromatic N) is 8. The first kappa shape index (κ1) is 51.0. The van der Waals surface area contributed by atoms with E-state index in [0.29, 0.717) is 116 Å². The SMILES string of the molecule is C[C@H](CC(=O)N1CCC(O)(Cn2cnc3c(-c4ccc(CNCC(=O)NCCCNC(=O)Cn5ccc(-c6cc(Cl)c(Cl)c7[nH]c8c(c67)CN(C(=O)CO)CC8)n5)cc4)n(C)nc3c2=O)CC1)c1ccccc1. The van der Waals surface area contributed by atoms with Crippen molar-refractivity contribution in [1.29, 1.82) is 0 Å². The Morgan fingerprint density at radius 1 is 0.904 bits per heavy atom. The molecule has 0 saturated carbocycles. The smallest absolute Gasteiger partial charge is 0.281 e. The maximum atomic E-state index is 13.7. The Morgan fingerprint density at radius 2 is 1.64 bits per heavy atom. The summed E-state index contributed by atoms with van der Waals surface area (Å²) in [4.78, 5) is 76.0. The summed E-state index contributed by atoms with van der Waals surface area (Å²) in [6.45, 7) is 4.29. The fraction of sp³-hybridized carbons (Fsp3) is 0.385. The first-order chi connectivity index (χ1) is 35.2. The lowest BCUT2D eigenvalue weighted by Crippen LogP contribution is -2.49. The molecule has 6 N–H and O–H groups in total. The molecule has 1 atom stereocenters. The van der Waals surface area contributed by atoms with Gasteiger partial charge in [0, 0.05) is 99.7 Å². The van der Waals surface area contributed by atoms with E-state index in [2.05, 4.69) is 36.1 Å². The Morgan fingerprint density at radius 3 is 2.38 bits per heavy atom. The molecule has 0 aliphatic carbocycles. The van der Waals surface area contributed by atoms with Gasteiger partial charge in [0.05, 0.1) is 52.0 Å². The van der Waals surface area contributed by atoms with Gasteiger partial charge in [-0.25, -0.2) is 4.98 Å². The van der Waals surface area contributed by atoms with Gasteiger partial charge in [0.25, 0.3) is 5.56 Å². The topological polar surface area (TPSA) is 238 Å². The number of hydrogen-bond acceptors (Lipinski definition) is 11. The zero-order valence-electron chi connectivity index (χ0n) is 40.7. The van der Waals surface area contributed by atoms with Crippen LogP contribution in [0.25, 0.3) is 44.5 Å². The molecule has 73 heavy (non-hydrogen) atoms. The maximum Gasteiger partial charge on any atom is 0.281 e. The molecule has 3 aromatic carbocycles. The van der Waals surface area contributed by atoms with Crippen molar-refractivity contribution < 1.29 is 29.4 Å².